The molecule has 0 aliphatic carbocycles. The van der Waals surface area contributed by atoms with Gasteiger partial charge in [0.25, 0.3) is 5.91 Å². The van der Waals surface area contributed by atoms with Crippen LogP contribution in [0.1, 0.15) is 5.56 Å². The zero-order valence-corrected chi connectivity index (χ0v) is 16.1. The van der Waals surface area contributed by atoms with Crippen molar-refractivity contribution in [2.75, 3.05) is 47.1 Å². The van der Waals surface area contributed by atoms with Gasteiger partial charge in [-0.3, -0.25) is 4.79 Å². The smallest absolute Gasteiger partial charge is 0.260 e. The molecule has 0 radical (unpaired) electrons. The average molecular weight is 373 g/mol. The number of hydrogen-bond donors (Lipinski definition) is 0. The van der Waals surface area contributed by atoms with Crippen LogP contribution >= 0.6 is 0 Å². The fourth-order valence-corrected chi connectivity index (χ4v) is 2.35. The number of ether oxygens (including phenoxy) is 4. The molecule has 0 aliphatic rings. The summed E-state index contributed by atoms with van der Waals surface area (Å²) < 4.78 is 21.5. The second-order valence-corrected chi connectivity index (χ2v) is 6.04. The molecule has 27 heavy (non-hydrogen) atoms. The van der Waals surface area contributed by atoms with Crippen LogP contribution < -0.4 is 9.47 Å². The van der Waals surface area contributed by atoms with Gasteiger partial charge in [0.1, 0.15) is 17.2 Å². The molecule has 0 aliphatic heterocycles. The first-order valence-corrected chi connectivity index (χ1v) is 8.85. The van der Waals surface area contributed by atoms with Crippen LogP contribution in [0.15, 0.2) is 48.5 Å². The van der Waals surface area contributed by atoms with Crippen LogP contribution in [0.5, 0.6) is 17.2 Å². The van der Waals surface area contributed by atoms with Crippen molar-refractivity contribution >= 4 is 5.91 Å². The van der Waals surface area contributed by atoms with Gasteiger partial charge in [0, 0.05) is 27.3 Å². The van der Waals surface area contributed by atoms with E-state index in [2.05, 4.69) is 0 Å². The number of hydrogen-bond acceptors (Lipinski definition) is 5. The third-order valence-corrected chi connectivity index (χ3v) is 3.93. The van der Waals surface area contributed by atoms with E-state index in [0.717, 1.165) is 5.75 Å². The maximum Gasteiger partial charge on any atom is 0.260 e. The van der Waals surface area contributed by atoms with Crippen LogP contribution in [0.3, 0.4) is 0 Å². The van der Waals surface area contributed by atoms with Crippen molar-refractivity contribution in [1.82, 2.24) is 4.90 Å². The van der Waals surface area contributed by atoms with Crippen LogP contribution in [0, 0.1) is 6.92 Å². The summed E-state index contributed by atoms with van der Waals surface area (Å²) in [6, 6.07) is 15.0. The monoisotopic (exact) mass is 373 g/mol. The lowest BCUT2D eigenvalue weighted by Crippen LogP contribution is -2.39. The number of benzene rings is 2. The lowest BCUT2D eigenvalue weighted by molar-refractivity contribution is -0.134. The molecule has 0 aromatic heterocycles. The highest BCUT2D eigenvalue weighted by molar-refractivity contribution is 5.77. The summed E-state index contributed by atoms with van der Waals surface area (Å²) in [5.74, 6) is 1.98. The van der Waals surface area contributed by atoms with Crippen LogP contribution in [-0.4, -0.2) is 57.9 Å². The lowest BCUT2D eigenvalue weighted by Gasteiger charge is -2.22. The van der Waals surface area contributed by atoms with E-state index in [-0.39, 0.29) is 12.5 Å². The molecule has 0 heterocycles. The molecule has 6 heteroatoms. The molecule has 6 nitrogen and oxygen atoms in total. The van der Waals surface area contributed by atoms with E-state index >= 15 is 0 Å². The normalized spacial score (nSPS) is 10.5. The summed E-state index contributed by atoms with van der Waals surface area (Å²) in [6.07, 6.45) is 0. The van der Waals surface area contributed by atoms with Crippen molar-refractivity contribution in [2.45, 2.75) is 6.92 Å². The molecule has 0 fully saturated rings. The highest BCUT2D eigenvalue weighted by atomic mass is 16.5. The largest absolute Gasteiger partial charge is 0.484 e. The molecule has 0 bridgehead atoms. The molecule has 0 atom stereocenters. The van der Waals surface area contributed by atoms with Crippen molar-refractivity contribution < 1.29 is 23.7 Å². The molecule has 2 aromatic carbocycles. The summed E-state index contributed by atoms with van der Waals surface area (Å²) in [6.45, 7) is 3.95. The summed E-state index contributed by atoms with van der Waals surface area (Å²) in [7, 11) is 3.21. The van der Waals surface area contributed by atoms with Gasteiger partial charge in [0.15, 0.2) is 6.61 Å². The van der Waals surface area contributed by atoms with Gasteiger partial charge < -0.3 is 23.8 Å². The minimum Gasteiger partial charge on any atom is -0.484 e. The number of amides is 1. The van der Waals surface area contributed by atoms with E-state index in [1.165, 1.54) is 5.56 Å². The third-order valence-electron chi connectivity index (χ3n) is 3.93. The van der Waals surface area contributed by atoms with Crippen molar-refractivity contribution in [1.29, 1.82) is 0 Å². The maximum atomic E-state index is 12.3. The first-order valence-electron chi connectivity index (χ1n) is 8.85. The quantitative estimate of drug-likeness (QED) is 0.605. The first kappa shape index (κ1) is 20.7. The Bertz CT molecular complexity index is 677. The van der Waals surface area contributed by atoms with Crippen molar-refractivity contribution in [3.63, 3.8) is 0 Å². The second-order valence-electron chi connectivity index (χ2n) is 6.04. The van der Waals surface area contributed by atoms with Crippen LogP contribution in [0.2, 0.25) is 0 Å². The fourth-order valence-electron chi connectivity index (χ4n) is 2.35. The Labute approximate surface area is 160 Å². The predicted molar refractivity (Wildman–Crippen MR) is 104 cm³/mol. The molecule has 0 N–H and O–H groups in total. The van der Waals surface area contributed by atoms with Crippen LogP contribution in [0.25, 0.3) is 0 Å². The molecule has 2 rings (SSSR count). The standard InChI is InChI=1S/C21H27NO5/c1-17-4-6-19(7-5-17)27-20-10-8-18(9-11-20)26-16-21(23)22(12-14-24-2)13-15-25-3/h4-11H,12-16H2,1-3H3. The number of aryl methyl sites for hydroxylation is 1. The number of carbonyl (C=O) groups excluding carboxylic acids is 1. The minimum absolute atomic E-state index is 0.0361. The van der Waals surface area contributed by atoms with Gasteiger partial charge in [-0.05, 0) is 43.3 Å². The number of carbonyl (C=O) groups is 1. The Morgan fingerprint density at radius 3 is 1.81 bits per heavy atom. The third kappa shape index (κ3) is 7.29. The van der Waals surface area contributed by atoms with E-state index in [4.69, 9.17) is 18.9 Å². The van der Waals surface area contributed by atoms with E-state index in [1.54, 1.807) is 31.3 Å². The molecule has 0 saturated carbocycles. The molecular weight excluding hydrogens is 346 g/mol. The van der Waals surface area contributed by atoms with E-state index in [0.29, 0.717) is 37.8 Å². The molecule has 0 spiro atoms. The Morgan fingerprint density at radius 2 is 1.30 bits per heavy atom. The van der Waals surface area contributed by atoms with Gasteiger partial charge in [0.2, 0.25) is 0 Å². The van der Waals surface area contributed by atoms with Gasteiger partial charge >= 0.3 is 0 Å². The number of nitrogens with zero attached hydrogens (tertiary/aromatic N) is 1. The Hall–Kier alpha value is -2.57. The Morgan fingerprint density at radius 1 is 0.815 bits per heavy atom. The average Bonchev–Trinajstić information content (AvgIpc) is 2.69. The topological polar surface area (TPSA) is 57.2 Å². The first-order chi connectivity index (χ1) is 13.1. The molecule has 0 saturated heterocycles. The SMILES string of the molecule is COCCN(CCOC)C(=O)COc1ccc(Oc2ccc(C)cc2)cc1. The molecule has 2 aromatic rings. The van der Waals surface area contributed by atoms with Crippen molar-refractivity contribution in [2.24, 2.45) is 0 Å². The maximum absolute atomic E-state index is 12.3. The zero-order valence-electron chi connectivity index (χ0n) is 16.1. The zero-order chi connectivity index (χ0) is 19.5. The summed E-state index contributed by atoms with van der Waals surface area (Å²) in [5.41, 5.74) is 1.18. The Kier molecular flexibility index (Phi) is 8.61. The van der Waals surface area contributed by atoms with Crippen molar-refractivity contribution in [3.8, 4) is 17.2 Å². The van der Waals surface area contributed by atoms with Crippen LogP contribution in [0.4, 0.5) is 0 Å². The molecule has 1 amide bonds. The highest BCUT2D eigenvalue weighted by Crippen LogP contribution is 2.24. The molecule has 0 unspecified atom stereocenters. The van der Waals surface area contributed by atoms with E-state index < -0.39 is 0 Å². The van der Waals surface area contributed by atoms with Gasteiger partial charge in [-0.25, -0.2) is 0 Å². The second kappa shape index (κ2) is 11.2. The number of methoxy groups -OCH3 is 2. The summed E-state index contributed by atoms with van der Waals surface area (Å²) in [5, 5.41) is 0. The fraction of sp³-hybridized carbons (Fsp3) is 0.381. The van der Waals surface area contributed by atoms with Crippen molar-refractivity contribution in [3.05, 3.63) is 54.1 Å². The van der Waals surface area contributed by atoms with E-state index in [9.17, 15) is 4.79 Å². The van der Waals surface area contributed by atoms with Gasteiger partial charge in [-0.1, -0.05) is 17.7 Å². The van der Waals surface area contributed by atoms with Gasteiger partial charge in [0.05, 0.1) is 13.2 Å². The van der Waals surface area contributed by atoms with Crippen LogP contribution in [-0.2, 0) is 14.3 Å². The summed E-state index contributed by atoms with van der Waals surface area (Å²) in [4.78, 5) is 14.0. The lowest BCUT2D eigenvalue weighted by atomic mass is 10.2. The summed E-state index contributed by atoms with van der Waals surface area (Å²) >= 11 is 0. The van der Waals surface area contributed by atoms with Gasteiger partial charge in [-0.2, -0.15) is 0 Å². The predicted octanol–water partition coefficient (Wildman–Crippen LogP) is 3.29. The Balaban J connectivity index is 1.85. The van der Waals surface area contributed by atoms with E-state index in [1.807, 2.05) is 43.3 Å². The highest BCUT2D eigenvalue weighted by Gasteiger charge is 2.13. The molecule has 146 valence electrons. The molecular formula is C21H27NO5. The minimum atomic E-state index is -0.107. The van der Waals surface area contributed by atoms with Gasteiger partial charge in [-0.15, -0.1) is 0 Å². The number of rotatable bonds is 11.